The van der Waals surface area contributed by atoms with Crippen LogP contribution in [-0.4, -0.2) is 14.8 Å². The van der Waals surface area contributed by atoms with Crippen molar-refractivity contribution in [2.24, 2.45) is 5.73 Å². The predicted molar refractivity (Wildman–Crippen MR) is 45.6 cm³/mol. The number of hydrogen-bond acceptors (Lipinski definition) is 3. The van der Waals surface area contributed by atoms with Gasteiger partial charge in [-0.05, 0) is 18.6 Å². The van der Waals surface area contributed by atoms with E-state index in [4.69, 9.17) is 5.73 Å². The molecule has 12 heavy (non-hydrogen) atoms. The second-order valence-electron chi connectivity index (χ2n) is 2.71. The van der Waals surface area contributed by atoms with Gasteiger partial charge in [0, 0.05) is 12.7 Å². The van der Waals surface area contributed by atoms with Gasteiger partial charge in [-0.15, -0.1) is 5.10 Å². The first-order chi connectivity index (χ1) is 5.83. The van der Waals surface area contributed by atoms with Crippen LogP contribution in [-0.2, 0) is 6.54 Å². The van der Waals surface area contributed by atoms with Crippen LogP contribution in [0.2, 0.25) is 0 Å². The summed E-state index contributed by atoms with van der Waals surface area (Å²) in [6, 6.07) is 3.91. The van der Waals surface area contributed by atoms with Crippen molar-refractivity contribution < 1.29 is 0 Å². The molecular formula is C8H10N4. The molecule has 0 saturated carbocycles. The summed E-state index contributed by atoms with van der Waals surface area (Å²) in [5.41, 5.74) is 8.61. The molecule has 0 bridgehead atoms. The fourth-order valence-corrected chi connectivity index (χ4v) is 1.34. The van der Waals surface area contributed by atoms with Gasteiger partial charge < -0.3 is 5.73 Å². The molecule has 0 spiro atoms. The highest BCUT2D eigenvalue weighted by molar-refractivity contribution is 5.57. The van der Waals surface area contributed by atoms with Crippen molar-refractivity contribution in [1.82, 2.24) is 14.8 Å². The number of rotatable bonds is 1. The van der Waals surface area contributed by atoms with Crippen LogP contribution < -0.4 is 5.73 Å². The van der Waals surface area contributed by atoms with Gasteiger partial charge in [0.2, 0.25) is 0 Å². The van der Waals surface area contributed by atoms with Gasteiger partial charge in [-0.25, -0.2) is 4.52 Å². The minimum atomic E-state index is 0.526. The number of nitrogens with zero attached hydrogens (tertiary/aromatic N) is 3. The average Bonchev–Trinajstić information content (AvgIpc) is 2.48. The van der Waals surface area contributed by atoms with Crippen LogP contribution in [0.25, 0.3) is 5.52 Å². The Morgan fingerprint density at radius 3 is 3.17 bits per heavy atom. The van der Waals surface area contributed by atoms with Crippen molar-refractivity contribution in [3.63, 3.8) is 0 Å². The van der Waals surface area contributed by atoms with E-state index >= 15 is 0 Å². The Balaban J connectivity index is 2.84. The third-order valence-electron chi connectivity index (χ3n) is 1.91. The lowest BCUT2D eigenvalue weighted by molar-refractivity contribution is 0.845. The fourth-order valence-electron chi connectivity index (χ4n) is 1.34. The maximum absolute atomic E-state index is 5.58. The SMILES string of the molecule is Cc1nnn2cccc(CN)c12. The van der Waals surface area contributed by atoms with Gasteiger partial charge in [0.05, 0.1) is 11.2 Å². The number of aromatic nitrogens is 3. The maximum Gasteiger partial charge on any atom is 0.0938 e. The van der Waals surface area contributed by atoms with Crippen molar-refractivity contribution in [1.29, 1.82) is 0 Å². The molecule has 0 amide bonds. The molecular weight excluding hydrogens is 152 g/mol. The smallest absolute Gasteiger partial charge is 0.0938 e. The Morgan fingerprint density at radius 2 is 2.42 bits per heavy atom. The summed E-state index contributed by atoms with van der Waals surface area (Å²) in [5.74, 6) is 0. The van der Waals surface area contributed by atoms with Crippen LogP contribution in [0, 0.1) is 6.92 Å². The van der Waals surface area contributed by atoms with Gasteiger partial charge in [0.15, 0.2) is 0 Å². The first-order valence-corrected chi connectivity index (χ1v) is 3.82. The molecule has 2 aromatic heterocycles. The molecule has 0 fully saturated rings. The molecule has 0 aliphatic rings. The summed E-state index contributed by atoms with van der Waals surface area (Å²) in [5, 5.41) is 7.90. The van der Waals surface area contributed by atoms with Crippen molar-refractivity contribution >= 4 is 5.52 Å². The number of fused-ring (bicyclic) bond motifs is 1. The maximum atomic E-state index is 5.58. The zero-order valence-corrected chi connectivity index (χ0v) is 6.86. The van der Waals surface area contributed by atoms with Crippen molar-refractivity contribution in [2.45, 2.75) is 13.5 Å². The average molecular weight is 162 g/mol. The fraction of sp³-hybridized carbons (Fsp3) is 0.250. The highest BCUT2D eigenvalue weighted by Crippen LogP contribution is 2.11. The molecule has 0 aromatic carbocycles. The molecule has 0 radical (unpaired) electrons. The normalized spacial score (nSPS) is 10.8. The van der Waals surface area contributed by atoms with Crippen molar-refractivity contribution in [3.05, 3.63) is 29.6 Å². The van der Waals surface area contributed by atoms with E-state index in [0.29, 0.717) is 6.54 Å². The van der Waals surface area contributed by atoms with Crippen LogP contribution in [0.1, 0.15) is 11.3 Å². The zero-order valence-electron chi connectivity index (χ0n) is 6.86. The van der Waals surface area contributed by atoms with Gasteiger partial charge in [-0.2, -0.15) is 0 Å². The van der Waals surface area contributed by atoms with Crippen molar-refractivity contribution in [2.75, 3.05) is 0 Å². The summed E-state index contributed by atoms with van der Waals surface area (Å²) in [6.07, 6.45) is 1.87. The van der Waals surface area contributed by atoms with E-state index in [9.17, 15) is 0 Å². The minimum absolute atomic E-state index is 0.526. The van der Waals surface area contributed by atoms with Crippen LogP contribution in [0.4, 0.5) is 0 Å². The molecule has 62 valence electrons. The van der Waals surface area contributed by atoms with E-state index in [1.807, 2.05) is 25.3 Å². The molecule has 0 unspecified atom stereocenters. The summed E-state index contributed by atoms with van der Waals surface area (Å²) < 4.78 is 1.75. The largest absolute Gasteiger partial charge is 0.326 e. The van der Waals surface area contributed by atoms with Gasteiger partial charge >= 0.3 is 0 Å². The number of nitrogens with two attached hydrogens (primary N) is 1. The molecule has 4 heteroatoms. The van der Waals surface area contributed by atoms with Crippen LogP contribution in [0.3, 0.4) is 0 Å². The second kappa shape index (κ2) is 2.57. The Hall–Kier alpha value is -1.42. The Morgan fingerprint density at radius 1 is 1.58 bits per heavy atom. The Kier molecular flexibility index (Phi) is 1.55. The first-order valence-electron chi connectivity index (χ1n) is 3.82. The molecule has 2 rings (SSSR count). The van der Waals surface area contributed by atoms with E-state index in [-0.39, 0.29) is 0 Å². The van der Waals surface area contributed by atoms with E-state index < -0.39 is 0 Å². The van der Waals surface area contributed by atoms with E-state index in [0.717, 1.165) is 16.8 Å². The summed E-state index contributed by atoms with van der Waals surface area (Å²) in [7, 11) is 0. The Bertz CT molecular complexity index is 404. The molecule has 2 heterocycles. The lowest BCUT2D eigenvalue weighted by Gasteiger charge is -1.98. The van der Waals surface area contributed by atoms with Crippen LogP contribution in [0.15, 0.2) is 18.3 Å². The lowest BCUT2D eigenvalue weighted by atomic mass is 10.2. The molecule has 0 aliphatic carbocycles. The topological polar surface area (TPSA) is 56.2 Å². The molecule has 4 nitrogen and oxygen atoms in total. The zero-order chi connectivity index (χ0) is 8.55. The lowest BCUT2D eigenvalue weighted by Crippen LogP contribution is -1.99. The second-order valence-corrected chi connectivity index (χ2v) is 2.71. The number of pyridine rings is 1. The van der Waals surface area contributed by atoms with E-state index in [1.165, 1.54) is 0 Å². The summed E-state index contributed by atoms with van der Waals surface area (Å²) in [6.45, 7) is 2.46. The van der Waals surface area contributed by atoms with Crippen molar-refractivity contribution in [3.8, 4) is 0 Å². The molecule has 0 saturated heterocycles. The standard InChI is InChI=1S/C8H10N4/c1-6-8-7(5-9)3-2-4-12(8)11-10-6/h2-4H,5,9H2,1H3. The van der Waals surface area contributed by atoms with Crippen LogP contribution in [0.5, 0.6) is 0 Å². The molecule has 0 aliphatic heterocycles. The quantitative estimate of drug-likeness (QED) is 0.664. The number of hydrogen-bond donors (Lipinski definition) is 1. The first kappa shape index (κ1) is 7.24. The summed E-state index contributed by atoms with van der Waals surface area (Å²) >= 11 is 0. The van der Waals surface area contributed by atoms with Gasteiger partial charge in [0.25, 0.3) is 0 Å². The monoisotopic (exact) mass is 162 g/mol. The minimum Gasteiger partial charge on any atom is -0.326 e. The highest BCUT2D eigenvalue weighted by Gasteiger charge is 2.04. The van der Waals surface area contributed by atoms with Crippen LogP contribution >= 0.6 is 0 Å². The molecule has 2 N–H and O–H groups in total. The van der Waals surface area contributed by atoms with E-state index in [1.54, 1.807) is 4.52 Å². The third-order valence-corrected chi connectivity index (χ3v) is 1.91. The van der Waals surface area contributed by atoms with Gasteiger partial charge in [0.1, 0.15) is 0 Å². The molecule has 2 aromatic rings. The third kappa shape index (κ3) is 0.887. The predicted octanol–water partition coefficient (Wildman–Crippen LogP) is 0.496. The molecule has 0 atom stereocenters. The van der Waals surface area contributed by atoms with Gasteiger partial charge in [-0.1, -0.05) is 11.3 Å². The number of aryl methyl sites for hydroxylation is 1. The van der Waals surface area contributed by atoms with Gasteiger partial charge in [-0.3, -0.25) is 0 Å². The Labute approximate surface area is 70.0 Å². The highest BCUT2D eigenvalue weighted by atomic mass is 15.4. The summed E-state index contributed by atoms with van der Waals surface area (Å²) in [4.78, 5) is 0. The van der Waals surface area contributed by atoms with E-state index in [2.05, 4.69) is 10.3 Å².